The first kappa shape index (κ1) is 14.7. The van der Waals surface area contributed by atoms with Crippen LogP contribution in [0.4, 0.5) is 0 Å². The molecular formula is C15H14ClIN4. The number of hydrogen-bond acceptors (Lipinski definition) is 3. The van der Waals surface area contributed by atoms with Crippen LogP contribution in [0.3, 0.4) is 0 Å². The predicted octanol–water partition coefficient (Wildman–Crippen LogP) is 4.09. The Bertz CT molecular complexity index is 780. The molecule has 2 aromatic heterocycles. The summed E-state index contributed by atoms with van der Waals surface area (Å²) in [6.07, 6.45) is 3.58. The second-order valence-electron chi connectivity index (χ2n) is 4.95. The number of rotatable bonds is 3. The minimum absolute atomic E-state index is 0.159. The molecule has 0 aliphatic heterocycles. The van der Waals surface area contributed by atoms with Crippen molar-refractivity contribution >= 4 is 45.2 Å². The smallest absolute Gasteiger partial charge is 0.128 e. The summed E-state index contributed by atoms with van der Waals surface area (Å²) in [5, 5.41) is -0.159. The summed E-state index contributed by atoms with van der Waals surface area (Å²) in [4.78, 5) is 13.4. The van der Waals surface area contributed by atoms with Crippen molar-refractivity contribution in [1.82, 2.24) is 19.5 Å². The van der Waals surface area contributed by atoms with E-state index in [2.05, 4.69) is 60.3 Å². The van der Waals surface area contributed by atoms with Crippen molar-refractivity contribution in [1.29, 1.82) is 0 Å². The van der Waals surface area contributed by atoms with Gasteiger partial charge in [-0.25, -0.2) is 4.98 Å². The molecule has 4 nitrogen and oxygen atoms in total. The lowest BCUT2D eigenvalue weighted by atomic mass is 10.3. The summed E-state index contributed by atoms with van der Waals surface area (Å²) < 4.78 is 3.27. The lowest BCUT2D eigenvalue weighted by Gasteiger charge is -2.10. The van der Waals surface area contributed by atoms with E-state index >= 15 is 0 Å². The number of imidazole rings is 1. The molecular weight excluding hydrogens is 399 g/mol. The molecule has 21 heavy (non-hydrogen) atoms. The monoisotopic (exact) mass is 412 g/mol. The fourth-order valence-electron chi connectivity index (χ4n) is 2.25. The summed E-state index contributed by atoms with van der Waals surface area (Å²) in [7, 11) is 0. The molecule has 1 aromatic carbocycles. The van der Waals surface area contributed by atoms with E-state index in [9.17, 15) is 0 Å². The van der Waals surface area contributed by atoms with E-state index in [1.54, 1.807) is 12.4 Å². The number of hydrogen-bond donors (Lipinski definition) is 0. The first-order valence-electron chi connectivity index (χ1n) is 6.62. The Kier molecular flexibility index (Phi) is 4.12. The number of halogens is 2. The van der Waals surface area contributed by atoms with Crippen LogP contribution in [0.1, 0.15) is 29.5 Å². The lowest BCUT2D eigenvalue weighted by molar-refractivity contribution is 0.722. The van der Waals surface area contributed by atoms with E-state index in [-0.39, 0.29) is 5.38 Å². The van der Waals surface area contributed by atoms with Gasteiger partial charge in [0.1, 0.15) is 5.82 Å². The Morgan fingerprint density at radius 2 is 2.10 bits per heavy atom. The molecule has 0 aliphatic carbocycles. The van der Waals surface area contributed by atoms with Crippen molar-refractivity contribution in [2.45, 2.75) is 25.8 Å². The quantitative estimate of drug-likeness (QED) is 0.481. The molecule has 0 spiro atoms. The molecule has 6 heteroatoms. The van der Waals surface area contributed by atoms with Crippen molar-refractivity contribution < 1.29 is 0 Å². The SMILES string of the molecule is Cc1cnc(Cn2c(C(C)Cl)nc3cc(I)ccc32)cn1. The largest absolute Gasteiger partial charge is 0.321 e. The van der Waals surface area contributed by atoms with Crippen LogP contribution >= 0.6 is 34.2 Å². The van der Waals surface area contributed by atoms with Gasteiger partial charge in [-0.15, -0.1) is 11.6 Å². The van der Waals surface area contributed by atoms with Crippen LogP contribution in [0.2, 0.25) is 0 Å². The van der Waals surface area contributed by atoms with Gasteiger partial charge in [0.25, 0.3) is 0 Å². The normalized spacial score (nSPS) is 12.8. The standard InChI is InChI=1S/C15H14ClIN4/c1-9-6-19-12(7-18-9)8-21-14-4-3-11(17)5-13(14)20-15(21)10(2)16/h3-7,10H,8H2,1-2H3. The molecule has 3 rings (SSSR count). The zero-order valence-corrected chi connectivity index (χ0v) is 14.6. The Balaban J connectivity index is 2.10. The molecule has 0 amide bonds. The third-order valence-corrected chi connectivity index (χ3v) is 4.12. The molecule has 1 atom stereocenters. The highest BCUT2D eigenvalue weighted by molar-refractivity contribution is 14.1. The molecule has 0 saturated heterocycles. The molecule has 1 unspecified atom stereocenters. The third kappa shape index (κ3) is 3.03. The summed E-state index contributed by atoms with van der Waals surface area (Å²) in [5.41, 5.74) is 3.84. The lowest BCUT2D eigenvalue weighted by Crippen LogP contribution is -2.07. The number of aromatic nitrogens is 4. The van der Waals surface area contributed by atoms with Gasteiger partial charge in [0.05, 0.1) is 40.5 Å². The maximum absolute atomic E-state index is 6.29. The minimum Gasteiger partial charge on any atom is -0.321 e. The van der Waals surface area contributed by atoms with Gasteiger partial charge in [0, 0.05) is 9.77 Å². The first-order valence-corrected chi connectivity index (χ1v) is 8.13. The molecule has 0 fully saturated rings. The van der Waals surface area contributed by atoms with E-state index in [0.29, 0.717) is 6.54 Å². The van der Waals surface area contributed by atoms with Crippen LogP contribution in [0.25, 0.3) is 11.0 Å². The van der Waals surface area contributed by atoms with Gasteiger partial charge in [0.15, 0.2) is 0 Å². The van der Waals surface area contributed by atoms with Crippen molar-refractivity contribution in [2.75, 3.05) is 0 Å². The van der Waals surface area contributed by atoms with E-state index in [4.69, 9.17) is 11.6 Å². The number of nitrogens with zero attached hydrogens (tertiary/aromatic N) is 4. The van der Waals surface area contributed by atoms with Gasteiger partial charge >= 0.3 is 0 Å². The summed E-state index contributed by atoms with van der Waals surface area (Å²) in [6.45, 7) is 4.49. The van der Waals surface area contributed by atoms with Gasteiger partial charge < -0.3 is 4.57 Å². The topological polar surface area (TPSA) is 43.6 Å². The van der Waals surface area contributed by atoms with Crippen LogP contribution in [-0.2, 0) is 6.54 Å². The van der Waals surface area contributed by atoms with Crippen molar-refractivity contribution in [3.8, 4) is 0 Å². The van der Waals surface area contributed by atoms with Gasteiger partial charge in [-0.1, -0.05) is 0 Å². The van der Waals surface area contributed by atoms with Crippen LogP contribution in [-0.4, -0.2) is 19.5 Å². The average molecular weight is 413 g/mol. The Labute approximate surface area is 141 Å². The zero-order chi connectivity index (χ0) is 15.0. The first-order chi connectivity index (χ1) is 10.0. The van der Waals surface area contributed by atoms with Crippen LogP contribution < -0.4 is 0 Å². The predicted molar refractivity (Wildman–Crippen MR) is 92.6 cm³/mol. The molecule has 0 saturated carbocycles. The fourth-order valence-corrected chi connectivity index (χ4v) is 2.90. The van der Waals surface area contributed by atoms with Gasteiger partial charge in [0.2, 0.25) is 0 Å². The van der Waals surface area contributed by atoms with E-state index < -0.39 is 0 Å². The van der Waals surface area contributed by atoms with E-state index in [1.807, 2.05) is 13.8 Å². The molecule has 0 bridgehead atoms. The van der Waals surface area contributed by atoms with Gasteiger partial charge in [-0.2, -0.15) is 0 Å². The Hall–Kier alpha value is -1.21. The van der Waals surface area contributed by atoms with Crippen LogP contribution in [0.5, 0.6) is 0 Å². The van der Waals surface area contributed by atoms with Crippen LogP contribution in [0.15, 0.2) is 30.6 Å². The summed E-state index contributed by atoms with van der Waals surface area (Å²) >= 11 is 8.58. The molecule has 0 N–H and O–H groups in total. The fraction of sp³-hybridized carbons (Fsp3) is 0.267. The van der Waals surface area contributed by atoms with E-state index in [0.717, 1.165) is 31.8 Å². The Morgan fingerprint density at radius 3 is 2.76 bits per heavy atom. The summed E-state index contributed by atoms with van der Waals surface area (Å²) in [6, 6.07) is 6.22. The Morgan fingerprint density at radius 1 is 1.29 bits per heavy atom. The molecule has 2 heterocycles. The van der Waals surface area contributed by atoms with Crippen molar-refractivity contribution in [3.63, 3.8) is 0 Å². The molecule has 0 aliphatic rings. The van der Waals surface area contributed by atoms with Gasteiger partial charge in [-0.3, -0.25) is 9.97 Å². The second-order valence-corrected chi connectivity index (χ2v) is 6.85. The van der Waals surface area contributed by atoms with Crippen LogP contribution in [0, 0.1) is 10.5 Å². The number of aryl methyl sites for hydroxylation is 1. The van der Waals surface area contributed by atoms with Gasteiger partial charge in [-0.05, 0) is 54.6 Å². The van der Waals surface area contributed by atoms with Crippen molar-refractivity contribution in [3.05, 3.63) is 51.4 Å². The summed E-state index contributed by atoms with van der Waals surface area (Å²) in [5.74, 6) is 0.857. The second kappa shape index (κ2) is 5.88. The molecule has 3 aromatic rings. The maximum Gasteiger partial charge on any atom is 0.128 e. The highest BCUT2D eigenvalue weighted by Crippen LogP contribution is 2.26. The average Bonchev–Trinajstić information content (AvgIpc) is 2.79. The minimum atomic E-state index is -0.159. The zero-order valence-electron chi connectivity index (χ0n) is 11.7. The third-order valence-electron chi connectivity index (χ3n) is 3.25. The highest BCUT2D eigenvalue weighted by Gasteiger charge is 2.15. The van der Waals surface area contributed by atoms with Crippen molar-refractivity contribution in [2.24, 2.45) is 0 Å². The molecule has 0 radical (unpaired) electrons. The maximum atomic E-state index is 6.29. The van der Waals surface area contributed by atoms with E-state index in [1.165, 1.54) is 0 Å². The highest BCUT2D eigenvalue weighted by atomic mass is 127. The number of alkyl halides is 1. The number of benzene rings is 1. The number of fused-ring (bicyclic) bond motifs is 1. The molecule has 108 valence electrons.